The number of benzene rings is 1. The molecular formula is C26H27N5O3S2. The maximum absolute atomic E-state index is 13.3. The van der Waals surface area contributed by atoms with Gasteiger partial charge in [-0.25, -0.2) is 22.7 Å². The average Bonchev–Trinajstić information content (AvgIpc) is 3.21. The predicted octanol–water partition coefficient (Wildman–Crippen LogP) is 3.69. The Labute approximate surface area is 215 Å². The zero-order valence-electron chi connectivity index (χ0n) is 19.8. The molecule has 0 N–H and O–H groups in total. The lowest BCUT2D eigenvalue weighted by Crippen LogP contribution is -2.43. The molecule has 0 spiro atoms. The molecule has 0 radical (unpaired) electrons. The molecule has 10 heteroatoms. The molecule has 6 rings (SSSR count). The molecule has 2 aromatic heterocycles. The number of para-hydroxylation sites is 1. The van der Waals surface area contributed by atoms with Crippen LogP contribution in [0.1, 0.15) is 35.2 Å². The van der Waals surface area contributed by atoms with E-state index >= 15 is 0 Å². The summed E-state index contributed by atoms with van der Waals surface area (Å²) in [4.78, 5) is 24.5. The summed E-state index contributed by atoms with van der Waals surface area (Å²) in [6, 6.07) is 13.7. The summed E-state index contributed by atoms with van der Waals surface area (Å²) < 4.78 is 29.9. The molecule has 0 unspecified atom stereocenters. The number of anilines is 1. The lowest BCUT2D eigenvalue weighted by atomic mass is 10.1. The number of fused-ring (bicyclic) bond motifs is 3. The number of sulfonamides is 1. The lowest BCUT2D eigenvalue weighted by Gasteiger charge is -2.35. The van der Waals surface area contributed by atoms with Gasteiger partial charge in [0.1, 0.15) is 5.03 Å². The fourth-order valence-electron chi connectivity index (χ4n) is 5.06. The Hall–Kier alpha value is -2.79. The van der Waals surface area contributed by atoms with E-state index in [2.05, 4.69) is 43.4 Å². The molecule has 1 aliphatic carbocycles. The van der Waals surface area contributed by atoms with Crippen molar-refractivity contribution in [2.75, 3.05) is 44.2 Å². The van der Waals surface area contributed by atoms with Crippen LogP contribution < -0.4 is 4.90 Å². The molecule has 4 heterocycles. The highest BCUT2D eigenvalue weighted by Crippen LogP contribution is 2.38. The quantitative estimate of drug-likeness (QED) is 0.368. The van der Waals surface area contributed by atoms with Crippen molar-refractivity contribution in [2.45, 2.75) is 29.3 Å². The molecular weight excluding hydrogens is 494 g/mol. The van der Waals surface area contributed by atoms with Gasteiger partial charge in [0, 0.05) is 79.6 Å². The number of hydrogen-bond acceptors (Lipinski definition) is 8. The highest BCUT2D eigenvalue weighted by Gasteiger charge is 2.33. The molecule has 0 amide bonds. The molecule has 186 valence electrons. The Balaban J connectivity index is 1.17. The minimum Gasteiger partial charge on any atom is -0.369 e. The highest BCUT2D eigenvalue weighted by molar-refractivity contribution is 7.97. The second-order valence-electron chi connectivity index (χ2n) is 9.27. The predicted molar refractivity (Wildman–Crippen MR) is 140 cm³/mol. The molecule has 3 aromatic rings. The summed E-state index contributed by atoms with van der Waals surface area (Å²) in [5.41, 5.74) is 3.53. The van der Waals surface area contributed by atoms with Crippen molar-refractivity contribution in [2.24, 2.45) is 0 Å². The zero-order valence-corrected chi connectivity index (χ0v) is 21.5. The first kappa shape index (κ1) is 23.6. The molecule has 3 aliphatic rings. The molecule has 0 saturated carbocycles. The Kier molecular flexibility index (Phi) is 6.28. The number of pyridine rings is 2. The van der Waals surface area contributed by atoms with Crippen LogP contribution in [0.3, 0.4) is 0 Å². The first-order chi connectivity index (χ1) is 17.5. The molecule has 36 heavy (non-hydrogen) atoms. The van der Waals surface area contributed by atoms with Crippen molar-refractivity contribution in [1.29, 1.82) is 0 Å². The first-order valence-electron chi connectivity index (χ1n) is 12.3. The van der Waals surface area contributed by atoms with Gasteiger partial charge < -0.3 is 4.90 Å². The van der Waals surface area contributed by atoms with E-state index in [1.54, 1.807) is 18.1 Å². The van der Waals surface area contributed by atoms with Gasteiger partial charge in [-0.2, -0.15) is 4.31 Å². The molecule has 8 nitrogen and oxygen atoms in total. The summed E-state index contributed by atoms with van der Waals surface area (Å²) in [7, 11) is -3.71. The fourth-order valence-corrected chi connectivity index (χ4v) is 7.40. The highest BCUT2D eigenvalue weighted by atomic mass is 32.2. The van der Waals surface area contributed by atoms with E-state index in [4.69, 9.17) is 0 Å². The molecule has 1 aromatic carbocycles. The molecule has 2 saturated heterocycles. The van der Waals surface area contributed by atoms with Crippen LogP contribution in [-0.2, 0) is 10.0 Å². The monoisotopic (exact) mass is 521 g/mol. The number of nitrogens with zero attached hydrogens (tertiary/aromatic N) is 5. The van der Waals surface area contributed by atoms with Crippen molar-refractivity contribution < 1.29 is 13.2 Å². The standard InChI is InChI=1S/C26H27N5O3S2/c32-26-20-15-24(35-30-13-11-29(12-14-30)19-7-3-1-4-8-19)27-17-22(20)23-18-28-25(16-21(23)26)36(33,34)31-9-5-2-6-10-31/h1,3-4,7-8,15-18H,2,5-6,9-14H2. The average molecular weight is 522 g/mol. The van der Waals surface area contributed by atoms with Gasteiger partial charge in [0.2, 0.25) is 0 Å². The summed E-state index contributed by atoms with van der Waals surface area (Å²) in [5.74, 6) is -0.171. The number of carbonyl (C=O) groups is 1. The van der Waals surface area contributed by atoms with Gasteiger partial charge in [-0.05, 0) is 49.1 Å². The van der Waals surface area contributed by atoms with E-state index in [0.717, 1.165) is 50.5 Å². The number of carbonyl (C=O) groups excluding carboxylic acids is 1. The van der Waals surface area contributed by atoms with Crippen LogP contribution in [0.2, 0.25) is 0 Å². The van der Waals surface area contributed by atoms with Gasteiger partial charge in [0.15, 0.2) is 10.8 Å². The minimum absolute atomic E-state index is 0.0526. The van der Waals surface area contributed by atoms with Crippen molar-refractivity contribution in [3.63, 3.8) is 0 Å². The summed E-state index contributed by atoms with van der Waals surface area (Å²) >= 11 is 1.56. The second kappa shape index (κ2) is 9.59. The summed E-state index contributed by atoms with van der Waals surface area (Å²) in [6.07, 6.45) is 5.95. The van der Waals surface area contributed by atoms with Gasteiger partial charge in [0.05, 0.1) is 0 Å². The van der Waals surface area contributed by atoms with Crippen LogP contribution in [0.15, 0.2) is 64.9 Å². The fraction of sp³-hybridized carbons (Fsp3) is 0.346. The van der Waals surface area contributed by atoms with Gasteiger partial charge in [-0.1, -0.05) is 24.6 Å². The third kappa shape index (κ3) is 4.32. The third-order valence-electron chi connectivity index (χ3n) is 7.04. The van der Waals surface area contributed by atoms with Crippen LogP contribution in [0, 0.1) is 0 Å². The largest absolute Gasteiger partial charge is 0.369 e. The first-order valence-corrected chi connectivity index (χ1v) is 14.5. The van der Waals surface area contributed by atoms with Crippen molar-refractivity contribution in [3.8, 4) is 11.1 Å². The number of piperazine rings is 1. The Morgan fingerprint density at radius 2 is 1.42 bits per heavy atom. The molecule has 0 atom stereocenters. The van der Waals surface area contributed by atoms with E-state index in [-0.39, 0.29) is 10.8 Å². The normalized spacial score (nSPS) is 18.8. The van der Waals surface area contributed by atoms with Gasteiger partial charge in [-0.15, -0.1) is 0 Å². The maximum Gasteiger partial charge on any atom is 0.260 e. The van der Waals surface area contributed by atoms with E-state index < -0.39 is 10.0 Å². The van der Waals surface area contributed by atoms with E-state index in [0.29, 0.717) is 35.3 Å². The van der Waals surface area contributed by atoms with Crippen LogP contribution in [-0.4, -0.2) is 72.0 Å². The SMILES string of the molecule is O=C1c2cc(SN3CCN(c4ccccc4)CC3)ncc2-c2cnc(S(=O)(=O)N3CCCCC3)cc21. The van der Waals surface area contributed by atoms with Crippen molar-refractivity contribution in [3.05, 3.63) is 66.0 Å². The van der Waals surface area contributed by atoms with Gasteiger partial charge in [-0.3, -0.25) is 4.79 Å². The second-order valence-corrected chi connectivity index (χ2v) is 12.3. The van der Waals surface area contributed by atoms with E-state index in [1.165, 1.54) is 22.3 Å². The number of hydrogen-bond donors (Lipinski definition) is 0. The Morgan fingerprint density at radius 3 is 2.14 bits per heavy atom. The summed E-state index contributed by atoms with van der Waals surface area (Å²) in [5, 5.41) is 0.709. The maximum atomic E-state index is 13.3. The van der Waals surface area contributed by atoms with Gasteiger partial charge >= 0.3 is 0 Å². The van der Waals surface area contributed by atoms with E-state index in [9.17, 15) is 13.2 Å². The Bertz CT molecular complexity index is 1400. The summed E-state index contributed by atoms with van der Waals surface area (Å²) in [6.45, 7) is 4.61. The number of ketones is 1. The van der Waals surface area contributed by atoms with Crippen LogP contribution in [0.4, 0.5) is 5.69 Å². The number of piperidine rings is 1. The van der Waals surface area contributed by atoms with E-state index in [1.807, 2.05) is 12.1 Å². The smallest absolute Gasteiger partial charge is 0.260 e. The van der Waals surface area contributed by atoms with Crippen molar-refractivity contribution in [1.82, 2.24) is 18.6 Å². The topological polar surface area (TPSA) is 86.7 Å². The number of aromatic nitrogens is 2. The zero-order chi connectivity index (χ0) is 24.7. The van der Waals surface area contributed by atoms with Crippen molar-refractivity contribution >= 4 is 33.4 Å². The Morgan fingerprint density at radius 1 is 0.750 bits per heavy atom. The third-order valence-corrected chi connectivity index (χ3v) is 9.87. The molecule has 0 bridgehead atoms. The van der Waals surface area contributed by atoms with Gasteiger partial charge in [0.25, 0.3) is 10.0 Å². The van der Waals surface area contributed by atoms with Crippen LogP contribution in [0.5, 0.6) is 0 Å². The van der Waals surface area contributed by atoms with Crippen LogP contribution >= 0.6 is 11.9 Å². The lowest BCUT2D eigenvalue weighted by molar-refractivity contribution is 0.104. The number of rotatable bonds is 5. The van der Waals surface area contributed by atoms with Crippen LogP contribution in [0.25, 0.3) is 11.1 Å². The minimum atomic E-state index is -3.71. The molecule has 2 fully saturated rings. The molecule has 2 aliphatic heterocycles.